The minimum Gasteiger partial charge on any atom is -1.00 e. The van der Waals surface area contributed by atoms with Crippen LogP contribution in [0.25, 0.3) is 10.8 Å². The summed E-state index contributed by atoms with van der Waals surface area (Å²) in [6.45, 7) is 0.983. The van der Waals surface area contributed by atoms with E-state index in [1.165, 1.54) is 16.3 Å². The predicted octanol–water partition coefficient (Wildman–Crippen LogP) is 0.383. The Morgan fingerprint density at radius 1 is 0.905 bits per heavy atom. The number of halogens is 1. The lowest BCUT2D eigenvalue weighted by atomic mass is 10.1. The van der Waals surface area contributed by atoms with Crippen molar-refractivity contribution in [1.82, 2.24) is 0 Å². The van der Waals surface area contributed by atoms with Crippen molar-refractivity contribution in [2.75, 3.05) is 7.11 Å². The number of pyridine rings is 1. The molecule has 0 aliphatic carbocycles. The summed E-state index contributed by atoms with van der Waals surface area (Å²) < 4.78 is 7.42. The molecule has 0 aliphatic rings. The molecule has 0 saturated heterocycles. The van der Waals surface area contributed by atoms with Crippen LogP contribution in [0.5, 0.6) is 5.75 Å². The van der Waals surface area contributed by atoms with Gasteiger partial charge in [-0.2, -0.15) is 0 Å². The molecule has 21 heavy (non-hydrogen) atoms. The minimum atomic E-state index is 0. The van der Waals surface area contributed by atoms with Gasteiger partial charge in [0.15, 0.2) is 18.9 Å². The SMILES string of the molecule is COc1ccc(CC[n+]2ccc3ccccc3c2)cc1.[Cl-]. The average Bonchev–Trinajstić information content (AvgIpc) is 2.53. The van der Waals surface area contributed by atoms with E-state index in [1.54, 1.807) is 7.11 Å². The second-order valence-corrected chi connectivity index (χ2v) is 4.91. The second-order valence-electron chi connectivity index (χ2n) is 4.91. The Morgan fingerprint density at radius 3 is 2.33 bits per heavy atom. The van der Waals surface area contributed by atoms with Gasteiger partial charge in [0.2, 0.25) is 0 Å². The van der Waals surface area contributed by atoms with E-state index in [2.05, 4.69) is 59.4 Å². The summed E-state index contributed by atoms with van der Waals surface area (Å²) in [4.78, 5) is 0. The lowest BCUT2D eigenvalue weighted by Crippen LogP contribution is -3.00. The van der Waals surface area contributed by atoms with Gasteiger partial charge in [-0.1, -0.05) is 30.3 Å². The highest BCUT2D eigenvalue weighted by atomic mass is 35.5. The van der Waals surface area contributed by atoms with Crippen LogP contribution in [-0.4, -0.2) is 7.11 Å². The Kier molecular flexibility index (Phi) is 5.18. The maximum Gasteiger partial charge on any atom is 0.176 e. The highest BCUT2D eigenvalue weighted by Gasteiger charge is 2.03. The second kappa shape index (κ2) is 7.09. The fourth-order valence-electron chi connectivity index (χ4n) is 2.37. The van der Waals surface area contributed by atoms with Gasteiger partial charge in [0.1, 0.15) is 5.75 Å². The largest absolute Gasteiger partial charge is 1.00 e. The number of hydrogen-bond acceptors (Lipinski definition) is 1. The molecule has 2 aromatic carbocycles. The van der Waals surface area contributed by atoms with Crippen LogP contribution in [0.15, 0.2) is 67.0 Å². The fraction of sp³-hybridized carbons (Fsp3) is 0.167. The Balaban J connectivity index is 0.00000161. The van der Waals surface area contributed by atoms with Gasteiger partial charge in [-0.3, -0.25) is 0 Å². The van der Waals surface area contributed by atoms with Gasteiger partial charge in [0.25, 0.3) is 0 Å². The van der Waals surface area contributed by atoms with Gasteiger partial charge in [-0.15, -0.1) is 0 Å². The summed E-state index contributed by atoms with van der Waals surface area (Å²) in [6.07, 6.45) is 5.37. The van der Waals surface area contributed by atoms with Crippen LogP contribution < -0.4 is 21.7 Å². The Morgan fingerprint density at radius 2 is 1.62 bits per heavy atom. The van der Waals surface area contributed by atoms with E-state index in [0.717, 1.165) is 18.7 Å². The summed E-state index contributed by atoms with van der Waals surface area (Å²) >= 11 is 0. The molecule has 0 bridgehead atoms. The summed E-state index contributed by atoms with van der Waals surface area (Å²) in [5, 5.41) is 2.57. The molecule has 108 valence electrons. The van der Waals surface area contributed by atoms with Gasteiger partial charge in [-0.25, -0.2) is 4.57 Å². The fourth-order valence-corrected chi connectivity index (χ4v) is 2.37. The van der Waals surface area contributed by atoms with Crippen LogP contribution in [0.2, 0.25) is 0 Å². The van der Waals surface area contributed by atoms with Crippen molar-refractivity contribution in [1.29, 1.82) is 0 Å². The van der Waals surface area contributed by atoms with E-state index in [4.69, 9.17) is 4.74 Å². The van der Waals surface area contributed by atoms with E-state index < -0.39 is 0 Å². The van der Waals surface area contributed by atoms with E-state index in [1.807, 2.05) is 12.1 Å². The first-order valence-corrected chi connectivity index (χ1v) is 6.86. The molecule has 3 aromatic rings. The van der Waals surface area contributed by atoms with Gasteiger partial charge < -0.3 is 17.1 Å². The molecule has 0 N–H and O–H groups in total. The normalized spacial score (nSPS) is 10.1. The summed E-state index contributed by atoms with van der Waals surface area (Å²) in [5.74, 6) is 0.909. The molecule has 0 amide bonds. The van der Waals surface area contributed by atoms with Crippen molar-refractivity contribution in [3.8, 4) is 5.75 Å². The number of aromatic nitrogens is 1. The molecule has 0 spiro atoms. The first kappa shape index (κ1) is 15.3. The quantitative estimate of drug-likeness (QED) is 0.635. The van der Waals surface area contributed by atoms with Crippen LogP contribution >= 0.6 is 0 Å². The number of benzene rings is 2. The van der Waals surface area contributed by atoms with E-state index in [9.17, 15) is 0 Å². The molecular weight excluding hydrogens is 282 g/mol. The van der Waals surface area contributed by atoms with Crippen LogP contribution in [0, 0.1) is 0 Å². The smallest absolute Gasteiger partial charge is 0.176 e. The molecule has 1 heterocycles. The summed E-state index contributed by atoms with van der Waals surface area (Å²) in [7, 11) is 1.69. The molecule has 3 rings (SSSR count). The van der Waals surface area contributed by atoms with Crippen molar-refractivity contribution < 1.29 is 21.7 Å². The zero-order valence-electron chi connectivity index (χ0n) is 12.0. The molecule has 0 atom stereocenters. The summed E-state index contributed by atoms with van der Waals surface area (Å²) in [5.41, 5.74) is 1.33. The Hall–Kier alpha value is -2.06. The molecule has 0 unspecified atom stereocenters. The number of ether oxygens (including phenoxy) is 1. The van der Waals surface area contributed by atoms with Gasteiger partial charge in [0.05, 0.1) is 7.11 Å². The van der Waals surface area contributed by atoms with Crippen LogP contribution in [0.3, 0.4) is 0 Å². The number of rotatable bonds is 4. The van der Waals surface area contributed by atoms with E-state index in [-0.39, 0.29) is 12.4 Å². The van der Waals surface area contributed by atoms with Crippen molar-refractivity contribution in [3.05, 3.63) is 72.6 Å². The lowest BCUT2D eigenvalue weighted by molar-refractivity contribution is -0.695. The third-order valence-electron chi connectivity index (χ3n) is 3.56. The maximum atomic E-state index is 5.17. The lowest BCUT2D eigenvalue weighted by Gasteiger charge is -2.02. The van der Waals surface area contributed by atoms with E-state index >= 15 is 0 Å². The monoisotopic (exact) mass is 299 g/mol. The van der Waals surface area contributed by atoms with Gasteiger partial charge in [-0.05, 0) is 29.1 Å². The zero-order valence-corrected chi connectivity index (χ0v) is 12.8. The molecule has 0 aliphatic heterocycles. The number of hydrogen-bond donors (Lipinski definition) is 0. The Labute approximate surface area is 131 Å². The van der Waals surface area contributed by atoms with E-state index in [0.29, 0.717) is 0 Å². The number of nitrogens with zero attached hydrogens (tertiary/aromatic N) is 1. The number of methoxy groups -OCH3 is 1. The average molecular weight is 300 g/mol. The third kappa shape index (κ3) is 3.73. The number of fused-ring (bicyclic) bond motifs is 1. The predicted molar refractivity (Wildman–Crippen MR) is 80.8 cm³/mol. The third-order valence-corrected chi connectivity index (χ3v) is 3.56. The molecule has 0 radical (unpaired) electrons. The highest BCUT2D eigenvalue weighted by Crippen LogP contribution is 2.12. The standard InChI is InChI=1S/C18H18NO.ClH/c1-20-18-8-6-15(7-9-18)10-12-19-13-11-16-4-2-3-5-17(16)14-19;/h2-9,11,13-14H,10,12H2,1H3;1H/q+1;/p-1. The van der Waals surface area contributed by atoms with Crippen LogP contribution in [-0.2, 0) is 13.0 Å². The van der Waals surface area contributed by atoms with Crippen molar-refractivity contribution >= 4 is 10.8 Å². The first-order chi connectivity index (χ1) is 9.85. The van der Waals surface area contributed by atoms with Crippen molar-refractivity contribution in [2.45, 2.75) is 13.0 Å². The van der Waals surface area contributed by atoms with Gasteiger partial charge >= 0.3 is 0 Å². The number of aryl methyl sites for hydroxylation is 2. The van der Waals surface area contributed by atoms with Crippen LogP contribution in [0.1, 0.15) is 5.56 Å². The molecular formula is C18H18ClNO. The molecule has 0 fully saturated rings. The molecule has 2 nitrogen and oxygen atoms in total. The van der Waals surface area contributed by atoms with Crippen LogP contribution in [0.4, 0.5) is 0 Å². The molecule has 0 saturated carbocycles. The van der Waals surface area contributed by atoms with Crippen molar-refractivity contribution in [3.63, 3.8) is 0 Å². The summed E-state index contributed by atoms with van der Waals surface area (Å²) in [6, 6.07) is 18.9. The Bertz CT molecular complexity index is 710. The molecule has 1 aromatic heterocycles. The maximum absolute atomic E-state index is 5.17. The topological polar surface area (TPSA) is 13.1 Å². The highest BCUT2D eigenvalue weighted by molar-refractivity contribution is 5.80. The molecule has 3 heteroatoms. The van der Waals surface area contributed by atoms with Gasteiger partial charge in [0, 0.05) is 17.9 Å². The van der Waals surface area contributed by atoms with Crippen molar-refractivity contribution in [2.24, 2.45) is 0 Å². The minimum absolute atomic E-state index is 0. The zero-order chi connectivity index (χ0) is 13.8. The first-order valence-electron chi connectivity index (χ1n) is 6.86.